The largest absolute Gasteiger partial charge is 0.494 e. The smallest absolute Gasteiger partial charge is 0.410 e. The number of hydrogen-bond donors (Lipinski definition) is 0. The molecule has 4 nitrogen and oxygen atoms in total. The molecule has 5 heteroatoms. The zero-order valence-corrected chi connectivity index (χ0v) is 14.2. The minimum absolute atomic E-state index is 0.190. The van der Waals surface area contributed by atoms with E-state index in [9.17, 15) is 9.18 Å². The SMILES string of the molecule is CCOc1ccc(F)c2c1CN(C(=O)OC(C)(C)C)CC21CC1. The van der Waals surface area contributed by atoms with E-state index in [2.05, 4.69) is 0 Å². The second-order valence-electron chi connectivity index (χ2n) is 7.45. The maximum absolute atomic E-state index is 14.4. The van der Waals surface area contributed by atoms with Gasteiger partial charge >= 0.3 is 6.09 Å². The van der Waals surface area contributed by atoms with Gasteiger partial charge < -0.3 is 14.4 Å². The number of carbonyl (C=O) groups excluding carboxylic acids is 1. The van der Waals surface area contributed by atoms with Gasteiger partial charge in [-0.2, -0.15) is 0 Å². The Labute approximate surface area is 136 Å². The van der Waals surface area contributed by atoms with Crippen molar-refractivity contribution in [1.82, 2.24) is 4.90 Å². The van der Waals surface area contributed by atoms with Crippen molar-refractivity contribution in [2.75, 3.05) is 13.2 Å². The Morgan fingerprint density at radius 2 is 2.04 bits per heavy atom. The van der Waals surface area contributed by atoms with E-state index in [1.807, 2.05) is 27.7 Å². The normalized spacial score (nSPS) is 18.6. The van der Waals surface area contributed by atoms with E-state index in [1.54, 1.807) is 11.0 Å². The third kappa shape index (κ3) is 3.01. The van der Waals surface area contributed by atoms with Crippen molar-refractivity contribution in [2.24, 2.45) is 0 Å². The van der Waals surface area contributed by atoms with Crippen LogP contribution in [0, 0.1) is 5.82 Å². The van der Waals surface area contributed by atoms with Crippen LogP contribution in [0.5, 0.6) is 5.75 Å². The summed E-state index contributed by atoms with van der Waals surface area (Å²) in [4.78, 5) is 14.1. The fourth-order valence-corrected chi connectivity index (χ4v) is 3.33. The molecule has 126 valence electrons. The molecular weight excluding hydrogens is 297 g/mol. The standard InChI is InChI=1S/C18H24FNO3/c1-5-22-14-7-6-13(19)15-12(14)10-20(11-18(15)8-9-18)16(21)23-17(2,3)4/h6-7H,5,8-11H2,1-4H3. The highest BCUT2D eigenvalue weighted by Crippen LogP contribution is 2.54. The monoisotopic (exact) mass is 321 g/mol. The van der Waals surface area contributed by atoms with E-state index < -0.39 is 5.60 Å². The lowest BCUT2D eigenvalue weighted by atomic mass is 9.86. The Kier molecular flexibility index (Phi) is 3.77. The average molecular weight is 321 g/mol. The molecule has 1 fully saturated rings. The van der Waals surface area contributed by atoms with Gasteiger partial charge in [0.05, 0.1) is 13.2 Å². The summed E-state index contributed by atoms with van der Waals surface area (Å²) in [6.45, 7) is 8.80. The molecule has 0 saturated heterocycles. The highest BCUT2D eigenvalue weighted by molar-refractivity contribution is 5.70. The van der Waals surface area contributed by atoms with Crippen LogP contribution in [0.3, 0.4) is 0 Å². The molecule has 0 bridgehead atoms. The number of ether oxygens (including phenoxy) is 2. The number of benzene rings is 1. The van der Waals surface area contributed by atoms with Crippen LogP contribution in [0.1, 0.15) is 51.7 Å². The third-order valence-electron chi connectivity index (χ3n) is 4.40. The first kappa shape index (κ1) is 16.1. The predicted molar refractivity (Wildman–Crippen MR) is 85.1 cm³/mol. The van der Waals surface area contributed by atoms with Crippen LogP contribution in [0.15, 0.2) is 12.1 Å². The van der Waals surface area contributed by atoms with Crippen molar-refractivity contribution < 1.29 is 18.7 Å². The Bertz CT molecular complexity index is 632. The maximum Gasteiger partial charge on any atom is 0.410 e. The van der Waals surface area contributed by atoms with Crippen molar-refractivity contribution in [1.29, 1.82) is 0 Å². The highest BCUT2D eigenvalue weighted by atomic mass is 19.1. The molecule has 1 aromatic carbocycles. The van der Waals surface area contributed by atoms with Crippen LogP contribution < -0.4 is 4.74 Å². The fraction of sp³-hybridized carbons (Fsp3) is 0.611. The molecule has 1 spiro atoms. The lowest BCUT2D eigenvalue weighted by Gasteiger charge is -2.36. The van der Waals surface area contributed by atoms with Gasteiger partial charge in [0.2, 0.25) is 0 Å². The van der Waals surface area contributed by atoms with E-state index in [-0.39, 0.29) is 17.3 Å². The summed E-state index contributed by atoms with van der Waals surface area (Å²) >= 11 is 0. The second kappa shape index (κ2) is 5.39. The van der Waals surface area contributed by atoms with Crippen LogP contribution in [-0.2, 0) is 16.7 Å². The van der Waals surface area contributed by atoms with Crippen LogP contribution in [-0.4, -0.2) is 29.7 Å². The quantitative estimate of drug-likeness (QED) is 0.826. The van der Waals surface area contributed by atoms with Crippen molar-refractivity contribution in [3.8, 4) is 5.75 Å². The van der Waals surface area contributed by atoms with Crippen molar-refractivity contribution in [3.05, 3.63) is 29.1 Å². The Morgan fingerprint density at radius 3 is 2.61 bits per heavy atom. The van der Waals surface area contributed by atoms with Gasteiger partial charge in [-0.05, 0) is 52.7 Å². The molecule has 1 saturated carbocycles. The topological polar surface area (TPSA) is 38.8 Å². The van der Waals surface area contributed by atoms with Gasteiger partial charge in [0.1, 0.15) is 17.2 Å². The zero-order chi connectivity index (χ0) is 16.8. The van der Waals surface area contributed by atoms with Crippen molar-refractivity contribution in [2.45, 2.75) is 58.1 Å². The molecule has 0 unspecified atom stereocenters. The highest BCUT2D eigenvalue weighted by Gasteiger charge is 2.52. The van der Waals surface area contributed by atoms with Crippen LogP contribution in [0.2, 0.25) is 0 Å². The molecule has 2 aliphatic rings. The minimum Gasteiger partial charge on any atom is -0.494 e. The average Bonchev–Trinajstić information content (AvgIpc) is 3.19. The van der Waals surface area contributed by atoms with Gasteiger partial charge in [0, 0.05) is 23.1 Å². The lowest BCUT2D eigenvalue weighted by molar-refractivity contribution is 0.0193. The van der Waals surface area contributed by atoms with E-state index >= 15 is 0 Å². The summed E-state index contributed by atoms with van der Waals surface area (Å²) in [5.74, 6) is 0.480. The first-order valence-corrected chi connectivity index (χ1v) is 8.18. The van der Waals surface area contributed by atoms with Crippen molar-refractivity contribution >= 4 is 6.09 Å². The first-order valence-electron chi connectivity index (χ1n) is 8.18. The van der Waals surface area contributed by atoms with Crippen LogP contribution in [0.25, 0.3) is 0 Å². The summed E-state index contributed by atoms with van der Waals surface area (Å²) in [5, 5.41) is 0. The number of fused-ring (bicyclic) bond motifs is 2. The van der Waals surface area contributed by atoms with Gasteiger partial charge in [0.15, 0.2) is 0 Å². The number of halogens is 1. The molecule has 1 aliphatic carbocycles. The Morgan fingerprint density at radius 1 is 1.35 bits per heavy atom. The van der Waals surface area contributed by atoms with Gasteiger partial charge in [-0.1, -0.05) is 0 Å². The number of rotatable bonds is 2. The second-order valence-corrected chi connectivity index (χ2v) is 7.45. The molecule has 23 heavy (non-hydrogen) atoms. The number of carbonyl (C=O) groups is 1. The first-order chi connectivity index (χ1) is 10.8. The number of nitrogens with zero attached hydrogens (tertiary/aromatic N) is 1. The number of hydrogen-bond acceptors (Lipinski definition) is 3. The summed E-state index contributed by atoms with van der Waals surface area (Å²) in [7, 11) is 0. The summed E-state index contributed by atoms with van der Waals surface area (Å²) in [5.41, 5.74) is 0.727. The molecule has 0 N–H and O–H groups in total. The summed E-state index contributed by atoms with van der Waals surface area (Å²) in [6.07, 6.45) is 1.44. The van der Waals surface area contributed by atoms with Gasteiger partial charge in [-0.15, -0.1) is 0 Å². The third-order valence-corrected chi connectivity index (χ3v) is 4.40. The molecule has 1 aliphatic heterocycles. The minimum atomic E-state index is -0.543. The van der Waals surface area contributed by atoms with Crippen molar-refractivity contribution in [3.63, 3.8) is 0 Å². The Balaban J connectivity index is 1.96. The predicted octanol–water partition coefficient (Wildman–Crippen LogP) is 4.01. The van der Waals surface area contributed by atoms with Gasteiger partial charge in [-0.3, -0.25) is 0 Å². The molecular formula is C18H24FNO3. The zero-order valence-electron chi connectivity index (χ0n) is 14.2. The van der Waals surface area contributed by atoms with Gasteiger partial charge in [-0.25, -0.2) is 9.18 Å². The Hall–Kier alpha value is -1.78. The molecule has 1 aromatic rings. The van der Waals surface area contributed by atoms with E-state index in [0.717, 1.165) is 24.0 Å². The van der Waals surface area contributed by atoms with Gasteiger partial charge in [0.25, 0.3) is 0 Å². The van der Waals surface area contributed by atoms with Crippen LogP contribution >= 0.6 is 0 Å². The molecule has 0 atom stereocenters. The van der Waals surface area contributed by atoms with E-state index in [4.69, 9.17) is 9.47 Å². The molecule has 0 radical (unpaired) electrons. The molecule has 1 amide bonds. The molecule has 3 rings (SSSR count). The van der Waals surface area contributed by atoms with E-state index in [0.29, 0.717) is 25.4 Å². The lowest BCUT2D eigenvalue weighted by Crippen LogP contribution is -2.44. The number of amides is 1. The molecule has 0 aromatic heterocycles. The maximum atomic E-state index is 14.4. The fourth-order valence-electron chi connectivity index (χ4n) is 3.33. The summed E-state index contributed by atoms with van der Waals surface area (Å²) < 4.78 is 25.6. The summed E-state index contributed by atoms with van der Waals surface area (Å²) in [6, 6.07) is 3.14. The molecule has 1 heterocycles. The van der Waals surface area contributed by atoms with Crippen LogP contribution in [0.4, 0.5) is 9.18 Å². The van der Waals surface area contributed by atoms with E-state index in [1.165, 1.54) is 6.07 Å².